The molecule has 2 aromatic carbocycles. The summed E-state index contributed by atoms with van der Waals surface area (Å²) in [4.78, 5) is 17.2. The van der Waals surface area contributed by atoms with Crippen molar-refractivity contribution in [3.63, 3.8) is 0 Å². The first-order chi connectivity index (χ1) is 15.5. The van der Waals surface area contributed by atoms with Crippen LogP contribution in [0.4, 0.5) is 0 Å². The summed E-state index contributed by atoms with van der Waals surface area (Å²) in [6.07, 6.45) is 8.19. The molecular weight excluding hydrogens is 398 g/mol. The number of nitrogens with zero attached hydrogens (tertiary/aromatic N) is 2. The Kier molecular flexibility index (Phi) is 5.54. The lowest BCUT2D eigenvalue weighted by molar-refractivity contribution is 0.157. The van der Waals surface area contributed by atoms with Gasteiger partial charge in [0.05, 0.1) is 11.5 Å². The highest BCUT2D eigenvalue weighted by Gasteiger charge is 2.45. The Morgan fingerprint density at radius 3 is 2.16 bits per heavy atom. The van der Waals surface area contributed by atoms with E-state index >= 15 is 0 Å². The number of aromatic nitrogens is 2. The number of benzene rings is 2. The Balaban J connectivity index is 1.85. The Morgan fingerprint density at radius 2 is 1.59 bits per heavy atom. The van der Waals surface area contributed by atoms with Crippen LogP contribution < -0.4 is 11.5 Å². The van der Waals surface area contributed by atoms with Gasteiger partial charge in [0, 0.05) is 0 Å². The Bertz CT molecular complexity index is 1130. The summed E-state index contributed by atoms with van der Waals surface area (Å²) in [5, 5.41) is 0. The third-order valence-electron chi connectivity index (χ3n) is 7.49. The molecule has 1 saturated carbocycles. The molecule has 0 bridgehead atoms. The van der Waals surface area contributed by atoms with Crippen LogP contribution >= 0.6 is 0 Å². The van der Waals surface area contributed by atoms with Crippen LogP contribution in [0.15, 0.2) is 45.7 Å². The van der Waals surface area contributed by atoms with Crippen molar-refractivity contribution in [2.75, 3.05) is 6.54 Å². The summed E-state index contributed by atoms with van der Waals surface area (Å²) in [6, 6.07) is 13.6. The van der Waals surface area contributed by atoms with E-state index in [9.17, 15) is 4.79 Å². The van der Waals surface area contributed by atoms with Gasteiger partial charge in [-0.2, -0.15) is 9.72 Å². The molecule has 1 aromatic heterocycles. The normalized spacial score (nSPS) is 18.1. The molecule has 0 saturated heterocycles. The van der Waals surface area contributed by atoms with Crippen molar-refractivity contribution in [1.29, 1.82) is 0 Å². The molecule has 1 fully saturated rings. The first-order valence-corrected chi connectivity index (χ1v) is 12.0. The third-order valence-corrected chi connectivity index (χ3v) is 7.49. The molecule has 0 spiro atoms. The number of nitrogens with two attached hydrogens (primary N) is 1. The second kappa shape index (κ2) is 8.36. The van der Waals surface area contributed by atoms with Gasteiger partial charge in [0.2, 0.25) is 0 Å². The molecule has 168 valence electrons. The summed E-state index contributed by atoms with van der Waals surface area (Å²) < 4.78 is 7.68. The van der Waals surface area contributed by atoms with Crippen molar-refractivity contribution < 1.29 is 4.52 Å². The van der Waals surface area contributed by atoms with Gasteiger partial charge >= 0.3 is 5.76 Å². The van der Waals surface area contributed by atoms with Gasteiger partial charge in [-0.1, -0.05) is 66.8 Å². The molecule has 2 aliphatic rings. The fourth-order valence-corrected chi connectivity index (χ4v) is 6.07. The SMILES string of the molecule is Cc1ccc2c(c1)CCc1cc(C)ccc1C2(CCN)c1nc(=O)on1C1CCCCC1. The number of fused-ring (bicyclic) bond motifs is 2. The molecular formula is C27H33N3O2. The molecule has 0 atom stereocenters. The fourth-order valence-electron chi connectivity index (χ4n) is 6.07. The van der Waals surface area contributed by atoms with E-state index < -0.39 is 11.2 Å². The maximum Gasteiger partial charge on any atom is 0.459 e. The monoisotopic (exact) mass is 431 g/mol. The molecule has 5 heteroatoms. The first-order valence-electron chi connectivity index (χ1n) is 12.0. The van der Waals surface area contributed by atoms with Crippen molar-refractivity contribution >= 4 is 0 Å². The zero-order chi connectivity index (χ0) is 22.3. The number of hydrogen-bond donors (Lipinski definition) is 1. The van der Waals surface area contributed by atoms with Crippen LogP contribution in [-0.2, 0) is 18.3 Å². The predicted octanol–water partition coefficient (Wildman–Crippen LogP) is 4.74. The highest BCUT2D eigenvalue weighted by molar-refractivity contribution is 5.56. The lowest BCUT2D eigenvalue weighted by Gasteiger charge is -2.37. The van der Waals surface area contributed by atoms with Gasteiger partial charge in [-0.15, -0.1) is 0 Å². The molecule has 5 nitrogen and oxygen atoms in total. The summed E-state index contributed by atoms with van der Waals surface area (Å²) in [5.41, 5.74) is 13.3. The van der Waals surface area contributed by atoms with Crippen molar-refractivity contribution in [3.05, 3.63) is 86.2 Å². The van der Waals surface area contributed by atoms with E-state index in [1.807, 2.05) is 4.74 Å². The van der Waals surface area contributed by atoms with Crippen LogP contribution in [-0.4, -0.2) is 16.3 Å². The second-order valence-electron chi connectivity index (χ2n) is 9.68. The minimum Gasteiger partial charge on any atom is -0.330 e. The van der Waals surface area contributed by atoms with Gasteiger partial charge in [-0.25, -0.2) is 4.79 Å². The number of aryl methyl sites for hydroxylation is 4. The lowest BCUT2D eigenvalue weighted by atomic mass is 9.69. The molecule has 0 amide bonds. The van der Waals surface area contributed by atoms with E-state index in [1.165, 1.54) is 39.8 Å². The summed E-state index contributed by atoms with van der Waals surface area (Å²) in [6.45, 7) is 4.77. The van der Waals surface area contributed by atoms with Crippen LogP contribution in [0.2, 0.25) is 0 Å². The average Bonchev–Trinajstić information content (AvgIpc) is 3.13. The molecule has 0 aliphatic heterocycles. The quantitative estimate of drug-likeness (QED) is 0.647. The topological polar surface area (TPSA) is 74.1 Å². The molecule has 5 rings (SSSR count). The molecule has 3 aromatic rings. The summed E-state index contributed by atoms with van der Waals surface area (Å²) >= 11 is 0. The van der Waals surface area contributed by atoms with E-state index in [-0.39, 0.29) is 6.04 Å². The zero-order valence-corrected chi connectivity index (χ0v) is 19.2. The van der Waals surface area contributed by atoms with Crippen LogP contribution in [0, 0.1) is 13.8 Å². The van der Waals surface area contributed by atoms with Crippen molar-refractivity contribution in [2.24, 2.45) is 5.73 Å². The zero-order valence-electron chi connectivity index (χ0n) is 19.2. The van der Waals surface area contributed by atoms with Crippen LogP contribution in [0.25, 0.3) is 0 Å². The van der Waals surface area contributed by atoms with Gasteiger partial charge in [-0.3, -0.25) is 0 Å². The van der Waals surface area contributed by atoms with E-state index in [2.05, 4.69) is 55.2 Å². The summed E-state index contributed by atoms with van der Waals surface area (Å²) in [5.74, 6) is 0.227. The van der Waals surface area contributed by atoms with E-state index in [1.54, 1.807) is 0 Å². The molecule has 0 radical (unpaired) electrons. The van der Waals surface area contributed by atoms with E-state index in [0.717, 1.165) is 44.3 Å². The van der Waals surface area contributed by atoms with Crippen LogP contribution in [0.1, 0.15) is 83.8 Å². The van der Waals surface area contributed by atoms with Crippen LogP contribution in [0.5, 0.6) is 0 Å². The van der Waals surface area contributed by atoms with Gasteiger partial charge in [0.15, 0.2) is 5.82 Å². The molecule has 2 aliphatic carbocycles. The smallest absolute Gasteiger partial charge is 0.330 e. The summed E-state index contributed by atoms with van der Waals surface area (Å²) in [7, 11) is 0. The van der Waals surface area contributed by atoms with Crippen molar-refractivity contribution in [2.45, 2.75) is 76.7 Å². The molecule has 0 unspecified atom stereocenters. The van der Waals surface area contributed by atoms with E-state index in [4.69, 9.17) is 10.3 Å². The maximum absolute atomic E-state index is 12.6. The predicted molar refractivity (Wildman–Crippen MR) is 126 cm³/mol. The molecule has 1 heterocycles. The highest BCUT2D eigenvalue weighted by Crippen LogP contribution is 2.47. The Labute approximate surface area is 189 Å². The maximum atomic E-state index is 12.6. The van der Waals surface area contributed by atoms with E-state index in [0.29, 0.717) is 13.0 Å². The molecule has 32 heavy (non-hydrogen) atoms. The largest absolute Gasteiger partial charge is 0.459 e. The number of hydrogen-bond acceptors (Lipinski definition) is 4. The van der Waals surface area contributed by atoms with Crippen LogP contribution in [0.3, 0.4) is 0 Å². The minimum atomic E-state index is -0.596. The Morgan fingerprint density at radius 1 is 1.00 bits per heavy atom. The highest BCUT2D eigenvalue weighted by atomic mass is 16.5. The van der Waals surface area contributed by atoms with Gasteiger partial charge in [-0.05, 0) is 74.8 Å². The van der Waals surface area contributed by atoms with Gasteiger partial charge in [0.25, 0.3) is 0 Å². The van der Waals surface area contributed by atoms with Gasteiger partial charge < -0.3 is 10.3 Å². The van der Waals surface area contributed by atoms with Crippen molar-refractivity contribution in [3.8, 4) is 0 Å². The minimum absolute atomic E-state index is 0.176. The van der Waals surface area contributed by atoms with Crippen molar-refractivity contribution in [1.82, 2.24) is 9.72 Å². The van der Waals surface area contributed by atoms with Gasteiger partial charge in [0.1, 0.15) is 0 Å². The average molecular weight is 432 g/mol. The fraction of sp³-hybridized carbons (Fsp3) is 0.481. The third kappa shape index (κ3) is 3.43. The standard InChI is InChI=1S/C27H33N3O2/c1-18-8-12-23-20(16-18)10-11-21-17-19(2)9-13-24(21)27(23,14-15-28)25-29-26(31)32-30(25)22-6-4-3-5-7-22/h8-9,12-13,16-17,22H,3-7,10-11,14-15,28H2,1-2H3. The lowest BCUT2D eigenvalue weighted by Crippen LogP contribution is -2.37. The molecule has 2 N–H and O–H groups in total. The first kappa shape index (κ1) is 21.2. The Hall–Kier alpha value is -2.66. The number of rotatable bonds is 4. The second-order valence-corrected chi connectivity index (χ2v) is 9.68.